The van der Waals surface area contributed by atoms with E-state index in [0.29, 0.717) is 32.5 Å². The van der Waals surface area contributed by atoms with E-state index in [4.69, 9.17) is 4.52 Å². The van der Waals surface area contributed by atoms with Gasteiger partial charge in [0.05, 0.1) is 17.6 Å². The number of carbonyl (C=O) groups is 2. The average molecular weight is 541 g/mol. The number of likely N-dealkylation sites (N-methyl/N-ethyl adjacent to an activating group) is 1. The Hall–Kier alpha value is -3.63. The first-order valence-electron chi connectivity index (χ1n) is 13.1. The lowest BCUT2D eigenvalue weighted by Crippen LogP contribution is -2.58. The van der Waals surface area contributed by atoms with Crippen molar-refractivity contribution in [3.05, 3.63) is 77.5 Å². The van der Waals surface area contributed by atoms with Crippen LogP contribution in [0.4, 0.5) is 8.78 Å². The van der Waals surface area contributed by atoms with Gasteiger partial charge in [0.15, 0.2) is 11.5 Å². The van der Waals surface area contributed by atoms with Crippen molar-refractivity contribution in [3.63, 3.8) is 0 Å². The van der Waals surface area contributed by atoms with Crippen LogP contribution in [0.25, 0.3) is 11.3 Å². The van der Waals surface area contributed by atoms with Crippen molar-refractivity contribution in [3.8, 4) is 11.3 Å². The van der Waals surface area contributed by atoms with E-state index in [9.17, 15) is 23.5 Å². The van der Waals surface area contributed by atoms with E-state index >= 15 is 0 Å². The molecule has 1 aliphatic rings. The van der Waals surface area contributed by atoms with Crippen LogP contribution in [0.5, 0.6) is 0 Å². The predicted molar refractivity (Wildman–Crippen MR) is 142 cm³/mol. The van der Waals surface area contributed by atoms with Crippen molar-refractivity contribution in [2.24, 2.45) is 5.92 Å². The van der Waals surface area contributed by atoms with Gasteiger partial charge in [-0.25, -0.2) is 8.78 Å². The lowest BCUT2D eigenvalue weighted by Gasteiger charge is -2.42. The summed E-state index contributed by atoms with van der Waals surface area (Å²) in [5, 5.41) is 16.8. The summed E-state index contributed by atoms with van der Waals surface area (Å²) < 4.78 is 32.6. The second kappa shape index (κ2) is 12.5. The fourth-order valence-electron chi connectivity index (χ4n) is 4.85. The Morgan fingerprint density at radius 3 is 2.62 bits per heavy atom. The van der Waals surface area contributed by atoms with Crippen molar-refractivity contribution in [2.45, 2.75) is 44.9 Å². The number of rotatable bonds is 9. The van der Waals surface area contributed by atoms with Gasteiger partial charge in [-0.1, -0.05) is 35.5 Å². The quantitative estimate of drug-likeness (QED) is 0.431. The zero-order valence-corrected chi connectivity index (χ0v) is 22.3. The highest BCUT2D eigenvalue weighted by Gasteiger charge is 2.39. The minimum atomic E-state index is -0.832. The van der Waals surface area contributed by atoms with Gasteiger partial charge in [-0.05, 0) is 44.4 Å². The molecule has 8 nitrogen and oxygen atoms in total. The highest BCUT2D eigenvalue weighted by Crippen LogP contribution is 2.26. The molecule has 0 unspecified atom stereocenters. The normalized spacial score (nSPS) is 19.3. The van der Waals surface area contributed by atoms with Gasteiger partial charge in [0, 0.05) is 50.9 Å². The van der Waals surface area contributed by atoms with Gasteiger partial charge in [0.2, 0.25) is 5.91 Å². The van der Waals surface area contributed by atoms with Crippen LogP contribution in [0.3, 0.4) is 0 Å². The summed E-state index contributed by atoms with van der Waals surface area (Å²) in [6, 6.07) is 13.6. The number of nitrogens with zero attached hydrogens (tertiary/aromatic N) is 3. The molecule has 0 radical (unpaired) electrons. The van der Waals surface area contributed by atoms with Crippen molar-refractivity contribution >= 4 is 11.8 Å². The number of hydrogen-bond acceptors (Lipinski definition) is 6. The van der Waals surface area contributed by atoms with Crippen LogP contribution in [-0.2, 0) is 11.2 Å². The zero-order valence-electron chi connectivity index (χ0n) is 22.3. The Balaban J connectivity index is 1.48. The molecule has 0 spiro atoms. The summed E-state index contributed by atoms with van der Waals surface area (Å²) in [5.74, 6) is -2.78. The Labute approximate surface area is 226 Å². The van der Waals surface area contributed by atoms with Crippen LogP contribution in [0.2, 0.25) is 0 Å². The van der Waals surface area contributed by atoms with Crippen LogP contribution < -0.4 is 5.32 Å². The summed E-state index contributed by atoms with van der Waals surface area (Å²) >= 11 is 0. The third kappa shape index (κ3) is 6.88. The molecule has 2 heterocycles. The third-order valence-electron chi connectivity index (χ3n) is 7.45. The molecule has 1 aromatic heterocycles. The standard InChI is InChI=1S/C29H34F2N4O4/c1-18(19(2)36)35-14-12-25(23(17-35)29(38)34(3)13-11-20-7-5-4-6-8-20)32-28(37)26-16-27(39-33-26)22-10-9-21(30)15-24(22)31/h4-10,15-16,18-19,23,25,36H,11-14,17H2,1-3H3,(H,32,37)/t18-,19-,23-,25-/m0/s1. The minimum absolute atomic E-state index is 0.00787. The fraction of sp³-hybridized carbons (Fsp3) is 0.414. The summed E-state index contributed by atoms with van der Waals surface area (Å²) in [6.07, 6.45) is 0.605. The molecule has 3 aromatic rings. The van der Waals surface area contributed by atoms with Crippen LogP contribution in [0, 0.1) is 17.6 Å². The molecule has 39 heavy (non-hydrogen) atoms. The van der Waals surface area contributed by atoms with Crippen molar-refractivity contribution in [1.82, 2.24) is 20.3 Å². The molecule has 10 heteroatoms. The van der Waals surface area contributed by atoms with E-state index in [1.165, 1.54) is 12.1 Å². The highest BCUT2D eigenvalue weighted by molar-refractivity contribution is 5.94. The predicted octanol–water partition coefficient (Wildman–Crippen LogP) is 3.51. The zero-order chi connectivity index (χ0) is 28.1. The maximum atomic E-state index is 14.2. The maximum absolute atomic E-state index is 14.2. The number of likely N-dealkylation sites (tertiary alicyclic amines) is 1. The number of amides is 2. The van der Waals surface area contributed by atoms with E-state index in [1.54, 1.807) is 18.9 Å². The molecule has 0 saturated carbocycles. The van der Waals surface area contributed by atoms with Gasteiger partial charge >= 0.3 is 0 Å². The molecule has 4 atom stereocenters. The minimum Gasteiger partial charge on any atom is -0.392 e. The summed E-state index contributed by atoms with van der Waals surface area (Å²) in [7, 11) is 1.75. The number of hydrogen-bond donors (Lipinski definition) is 2. The van der Waals surface area contributed by atoms with Crippen LogP contribution in [-0.4, -0.2) is 76.7 Å². The molecule has 2 aromatic carbocycles. The van der Waals surface area contributed by atoms with Gasteiger partial charge < -0.3 is 19.8 Å². The highest BCUT2D eigenvalue weighted by atomic mass is 19.1. The third-order valence-corrected chi connectivity index (χ3v) is 7.45. The molecule has 2 amide bonds. The number of nitrogens with one attached hydrogen (secondary N) is 1. The number of benzene rings is 2. The van der Waals surface area contributed by atoms with Gasteiger partial charge in [0.1, 0.15) is 11.6 Å². The Bertz CT molecular complexity index is 1280. The number of piperidine rings is 1. The Morgan fingerprint density at radius 2 is 1.92 bits per heavy atom. The Morgan fingerprint density at radius 1 is 1.18 bits per heavy atom. The lowest BCUT2D eigenvalue weighted by molar-refractivity contribution is -0.137. The smallest absolute Gasteiger partial charge is 0.273 e. The maximum Gasteiger partial charge on any atom is 0.273 e. The molecule has 2 N–H and O–H groups in total. The first kappa shape index (κ1) is 28.4. The molecule has 4 rings (SSSR count). The first-order chi connectivity index (χ1) is 18.6. The van der Waals surface area contributed by atoms with Gasteiger partial charge in [-0.15, -0.1) is 0 Å². The van der Waals surface area contributed by atoms with Crippen LogP contribution in [0.1, 0.15) is 36.3 Å². The van der Waals surface area contributed by atoms with Crippen LogP contribution >= 0.6 is 0 Å². The van der Waals surface area contributed by atoms with E-state index < -0.39 is 35.6 Å². The Kier molecular flexibility index (Phi) is 9.08. The molecular formula is C29H34F2N4O4. The topological polar surface area (TPSA) is 98.9 Å². The number of halogens is 2. The largest absolute Gasteiger partial charge is 0.392 e. The summed E-state index contributed by atoms with van der Waals surface area (Å²) in [4.78, 5) is 30.5. The molecule has 0 aliphatic carbocycles. The number of carbonyl (C=O) groups excluding carboxylic acids is 2. The average Bonchev–Trinajstić information content (AvgIpc) is 3.42. The number of aliphatic hydroxyl groups excluding tert-OH is 1. The monoisotopic (exact) mass is 540 g/mol. The van der Waals surface area contributed by atoms with E-state index in [1.807, 2.05) is 37.3 Å². The summed E-state index contributed by atoms with van der Waals surface area (Å²) in [5.41, 5.74) is 1.03. The summed E-state index contributed by atoms with van der Waals surface area (Å²) in [6.45, 7) is 5.10. The van der Waals surface area contributed by atoms with Gasteiger partial charge in [0.25, 0.3) is 5.91 Å². The van der Waals surface area contributed by atoms with Crippen molar-refractivity contribution in [2.75, 3.05) is 26.7 Å². The number of aromatic nitrogens is 1. The molecule has 1 saturated heterocycles. The fourth-order valence-corrected chi connectivity index (χ4v) is 4.85. The molecule has 1 fully saturated rings. The van der Waals surface area contributed by atoms with Gasteiger partial charge in [-0.2, -0.15) is 0 Å². The first-order valence-corrected chi connectivity index (χ1v) is 13.1. The van der Waals surface area contributed by atoms with E-state index in [-0.39, 0.29) is 29.0 Å². The van der Waals surface area contributed by atoms with E-state index in [2.05, 4.69) is 15.4 Å². The second-order valence-electron chi connectivity index (χ2n) is 10.1. The lowest BCUT2D eigenvalue weighted by atomic mass is 9.89. The SMILES string of the molecule is C[C@H](O)[C@H](C)N1CC[C@H](NC(=O)c2cc(-c3ccc(F)cc3F)on2)[C@@H](C(=O)N(C)CCc2ccccc2)C1. The second-order valence-corrected chi connectivity index (χ2v) is 10.1. The van der Waals surface area contributed by atoms with Crippen molar-refractivity contribution < 1.29 is 28.0 Å². The molecule has 208 valence electrons. The van der Waals surface area contributed by atoms with Gasteiger partial charge in [-0.3, -0.25) is 14.5 Å². The van der Waals surface area contributed by atoms with E-state index in [0.717, 1.165) is 17.7 Å². The molecule has 1 aliphatic heterocycles. The van der Waals surface area contributed by atoms with Crippen molar-refractivity contribution in [1.29, 1.82) is 0 Å². The molecule has 0 bridgehead atoms. The number of aliphatic hydroxyl groups is 1. The molecular weight excluding hydrogens is 506 g/mol. The van der Waals surface area contributed by atoms with Crippen LogP contribution in [0.15, 0.2) is 59.1 Å².